The number of fused-ring (bicyclic) bond motifs is 1. The van der Waals surface area contributed by atoms with Crippen molar-refractivity contribution in [2.24, 2.45) is 0 Å². The lowest BCUT2D eigenvalue weighted by molar-refractivity contribution is 0.459. The molecule has 0 bridgehead atoms. The predicted molar refractivity (Wildman–Crippen MR) is 130 cm³/mol. The van der Waals surface area contributed by atoms with E-state index in [1.807, 2.05) is 12.4 Å². The van der Waals surface area contributed by atoms with Gasteiger partial charge in [0.1, 0.15) is 17.3 Å². The number of nitrogens with zero attached hydrogens (tertiary/aromatic N) is 5. The van der Waals surface area contributed by atoms with E-state index in [4.69, 9.17) is 9.97 Å². The van der Waals surface area contributed by atoms with Gasteiger partial charge in [0.05, 0.1) is 23.0 Å². The number of pyridine rings is 1. The molecular formula is C25H25FN6S. The molecular weight excluding hydrogens is 435 g/mol. The Hall–Kier alpha value is -3.28. The van der Waals surface area contributed by atoms with Crippen LogP contribution in [0.1, 0.15) is 42.5 Å². The van der Waals surface area contributed by atoms with Gasteiger partial charge < -0.3 is 10.2 Å². The van der Waals surface area contributed by atoms with Crippen LogP contribution >= 0.6 is 11.3 Å². The minimum absolute atomic E-state index is 0.283. The minimum Gasteiger partial charge on any atom is -0.317 e. The molecule has 6 nitrogen and oxygen atoms in total. The van der Waals surface area contributed by atoms with Crippen molar-refractivity contribution in [3.8, 4) is 17.3 Å². The zero-order valence-corrected chi connectivity index (χ0v) is 19.5. The van der Waals surface area contributed by atoms with Crippen LogP contribution in [0.4, 0.5) is 15.3 Å². The first-order valence-electron chi connectivity index (χ1n) is 11.2. The van der Waals surface area contributed by atoms with E-state index >= 15 is 0 Å². The van der Waals surface area contributed by atoms with E-state index in [1.165, 1.54) is 29.0 Å². The first-order chi connectivity index (χ1) is 16.1. The van der Waals surface area contributed by atoms with E-state index < -0.39 is 5.82 Å². The normalized spacial score (nSPS) is 14.5. The van der Waals surface area contributed by atoms with Gasteiger partial charge in [-0.1, -0.05) is 13.0 Å². The zero-order valence-electron chi connectivity index (χ0n) is 18.7. The molecule has 1 fully saturated rings. The monoisotopic (exact) mass is 460 g/mol. The summed E-state index contributed by atoms with van der Waals surface area (Å²) in [5.74, 6) is 1.13. The number of nitriles is 1. The van der Waals surface area contributed by atoms with Crippen LogP contribution in [-0.4, -0.2) is 34.5 Å². The number of benzene rings is 1. The summed E-state index contributed by atoms with van der Waals surface area (Å²) in [6.07, 6.45) is 5.31. The molecule has 5 rings (SSSR count). The Bertz CT molecular complexity index is 1340. The lowest BCUT2D eigenvalue weighted by Gasteiger charge is -2.23. The molecule has 4 aromatic rings. The number of halogens is 1. The Balaban J connectivity index is 1.54. The highest BCUT2D eigenvalue weighted by Gasteiger charge is 2.22. The van der Waals surface area contributed by atoms with Gasteiger partial charge in [-0.05, 0) is 68.1 Å². The number of piperidine rings is 1. The van der Waals surface area contributed by atoms with Crippen molar-refractivity contribution >= 4 is 27.9 Å². The number of hydrogen-bond donors (Lipinski definition) is 1. The second-order valence-corrected chi connectivity index (χ2v) is 9.16. The molecule has 8 heteroatoms. The first kappa shape index (κ1) is 21.6. The Morgan fingerprint density at radius 2 is 2.06 bits per heavy atom. The number of thiazole rings is 1. The van der Waals surface area contributed by atoms with E-state index in [0.717, 1.165) is 54.6 Å². The van der Waals surface area contributed by atoms with Crippen molar-refractivity contribution in [2.75, 3.05) is 25.0 Å². The summed E-state index contributed by atoms with van der Waals surface area (Å²) < 4.78 is 15.8. The van der Waals surface area contributed by atoms with Crippen LogP contribution in [0.5, 0.6) is 0 Å². The fraction of sp³-hybridized carbons (Fsp3) is 0.320. The largest absolute Gasteiger partial charge is 0.317 e. The lowest BCUT2D eigenvalue weighted by atomic mass is 9.91. The number of hydrogen-bond acceptors (Lipinski definition) is 6. The molecule has 168 valence electrons. The number of imidazole rings is 1. The van der Waals surface area contributed by atoms with Crippen molar-refractivity contribution < 1.29 is 4.39 Å². The molecule has 3 aromatic heterocycles. The molecule has 0 amide bonds. The number of aromatic nitrogens is 3. The van der Waals surface area contributed by atoms with Crippen LogP contribution in [0.2, 0.25) is 0 Å². The molecule has 1 N–H and O–H groups in total. The molecule has 4 heterocycles. The van der Waals surface area contributed by atoms with E-state index in [9.17, 15) is 9.65 Å². The summed E-state index contributed by atoms with van der Waals surface area (Å²) in [6, 6.07) is 10.6. The molecule has 0 aliphatic carbocycles. The molecule has 0 saturated carbocycles. The molecule has 0 spiro atoms. The summed E-state index contributed by atoms with van der Waals surface area (Å²) in [5, 5.41) is 15.6. The van der Waals surface area contributed by atoms with Gasteiger partial charge in [-0.2, -0.15) is 5.26 Å². The van der Waals surface area contributed by atoms with Crippen LogP contribution in [-0.2, 0) is 6.42 Å². The van der Waals surface area contributed by atoms with Crippen molar-refractivity contribution in [3.05, 3.63) is 64.5 Å². The first-order valence-corrected chi connectivity index (χ1v) is 12.1. The van der Waals surface area contributed by atoms with E-state index in [-0.39, 0.29) is 5.56 Å². The Kier molecular flexibility index (Phi) is 5.83. The predicted octanol–water partition coefficient (Wildman–Crippen LogP) is 5.27. The van der Waals surface area contributed by atoms with Gasteiger partial charge in [-0.15, -0.1) is 11.3 Å². The summed E-state index contributed by atoms with van der Waals surface area (Å²) in [7, 11) is 2.00. The van der Waals surface area contributed by atoms with Gasteiger partial charge in [0.25, 0.3) is 0 Å². The third-order valence-electron chi connectivity index (χ3n) is 6.31. The number of aryl methyl sites for hydroxylation is 1. The standard InChI is InChI=1S/C25H25FN6S/c1-3-21-24(32-14-17(4-7-23(32)29-21)16-8-10-28-11-9-16)31(2)25-30-22(15-33-25)20-6-5-19(26)12-18(20)13-27/h4-7,12,14-16,28H,3,8-11H2,1-2H3. The second-order valence-electron chi connectivity index (χ2n) is 8.33. The number of anilines is 2. The smallest absolute Gasteiger partial charge is 0.191 e. The molecule has 0 radical (unpaired) electrons. The van der Waals surface area contributed by atoms with E-state index in [0.29, 0.717) is 17.2 Å². The molecule has 1 saturated heterocycles. The molecule has 1 aliphatic rings. The number of nitrogens with one attached hydrogen (secondary N) is 1. The lowest BCUT2D eigenvalue weighted by Crippen LogP contribution is -2.26. The van der Waals surface area contributed by atoms with Crippen molar-refractivity contribution in [1.29, 1.82) is 5.26 Å². The fourth-order valence-electron chi connectivity index (χ4n) is 4.55. The van der Waals surface area contributed by atoms with Gasteiger partial charge in [-0.25, -0.2) is 14.4 Å². The summed E-state index contributed by atoms with van der Waals surface area (Å²) in [6.45, 7) is 4.21. The van der Waals surface area contributed by atoms with E-state index in [2.05, 4.69) is 45.9 Å². The minimum atomic E-state index is -0.425. The van der Waals surface area contributed by atoms with Gasteiger partial charge in [0, 0.05) is 24.2 Å². The van der Waals surface area contributed by atoms with Crippen molar-refractivity contribution in [3.63, 3.8) is 0 Å². The quantitative estimate of drug-likeness (QED) is 0.440. The van der Waals surface area contributed by atoms with Crippen molar-refractivity contribution in [2.45, 2.75) is 32.1 Å². The third kappa shape index (κ3) is 3.99. The highest BCUT2D eigenvalue weighted by atomic mass is 32.1. The summed E-state index contributed by atoms with van der Waals surface area (Å²) in [4.78, 5) is 11.7. The van der Waals surface area contributed by atoms with Crippen LogP contribution in [0.15, 0.2) is 41.9 Å². The second kappa shape index (κ2) is 8.93. The molecule has 0 atom stereocenters. The van der Waals surface area contributed by atoms with Crippen LogP contribution < -0.4 is 10.2 Å². The maximum absolute atomic E-state index is 13.6. The number of rotatable bonds is 5. The van der Waals surface area contributed by atoms with Gasteiger partial charge in [0.15, 0.2) is 5.13 Å². The highest BCUT2D eigenvalue weighted by Crippen LogP contribution is 2.35. The third-order valence-corrected chi connectivity index (χ3v) is 7.22. The van der Waals surface area contributed by atoms with Gasteiger partial charge >= 0.3 is 0 Å². The SMILES string of the molecule is CCc1nc2ccc(C3CCNCC3)cn2c1N(C)c1nc(-c2ccc(F)cc2C#N)cs1. The average molecular weight is 461 g/mol. The topological polar surface area (TPSA) is 69.2 Å². The Labute approximate surface area is 196 Å². The molecule has 1 aromatic carbocycles. The molecule has 33 heavy (non-hydrogen) atoms. The summed E-state index contributed by atoms with van der Waals surface area (Å²) >= 11 is 1.50. The van der Waals surface area contributed by atoms with Gasteiger partial charge in [-0.3, -0.25) is 4.40 Å². The van der Waals surface area contributed by atoms with E-state index in [1.54, 1.807) is 6.07 Å². The summed E-state index contributed by atoms with van der Waals surface area (Å²) in [5.41, 5.74) is 4.86. The molecule has 1 aliphatic heterocycles. The molecule has 0 unspecified atom stereocenters. The highest BCUT2D eigenvalue weighted by molar-refractivity contribution is 7.14. The van der Waals surface area contributed by atoms with Crippen molar-refractivity contribution in [1.82, 2.24) is 19.7 Å². The Morgan fingerprint density at radius 1 is 1.24 bits per heavy atom. The van der Waals surface area contributed by atoms with Crippen LogP contribution in [0, 0.1) is 17.1 Å². The van der Waals surface area contributed by atoms with Crippen LogP contribution in [0.25, 0.3) is 16.9 Å². The Morgan fingerprint density at radius 3 is 2.82 bits per heavy atom. The fourth-order valence-corrected chi connectivity index (χ4v) is 5.34. The zero-order chi connectivity index (χ0) is 22.9. The van der Waals surface area contributed by atoms with Crippen LogP contribution in [0.3, 0.4) is 0 Å². The maximum Gasteiger partial charge on any atom is 0.191 e. The maximum atomic E-state index is 13.6. The van der Waals surface area contributed by atoms with Gasteiger partial charge in [0.2, 0.25) is 0 Å². The average Bonchev–Trinajstić information content (AvgIpc) is 3.48.